The Balaban J connectivity index is 0.00000136. The van der Waals surface area contributed by atoms with E-state index in [0.29, 0.717) is 7.25 Å². The van der Waals surface area contributed by atoms with Crippen molar-refractivity contribution in [3.8, 4) is 0 Å². The molecule has 0 bridgehead atoms. The third kappa shape index (κ3) is 4.38. The fourth-order valence-corrected chi connectivity index (χ4v) is 31.4. The summed E-state index contributed by atoms with van der Waals surface area (Å²) in [7, 11) is 0. The van der Waals surface area contributed by atoms with Crippen molar-refractivity contribution in [1.82, 2.24) is 0 Å². The summed E-state index contributed by atoms with van der Waals surface area (Å²) in [5, 5.41) is 1.66. The molecule has 0 N–H and O–H groups in total. The van der Waals surface area contributed by atoms with Crippen LogP contribution in [0.3, 0.4) is 0 Å². The smallest absolute Gasteiger partial charge is 1.00 e. The number of rotatable bonds is 4. The van der Waals surface area contributed by atoms with Gasteiger partial charge < -0.3 is 24.8 Å². The van der Waals surface area contributed by atoms with Crippen LogP contribution in [-0.2, 0) is 20.9 Å². The van der Waals surface area contributed by atoms with Crippen molar-refractivity contribution >= 4 is 23.3 Å². The topological polar surface area (TPSA) is 0 Å². The molecule has 0 radical (unpaired) electrons. The standard InChI is InChI=1S/2C10H9.C7H9Si.2ClH.Zr/c2*1-8-6-9-4-2-3-5-10(9)7-8;1-8-7-5-3-2-4-6-7;;;/h2*2-7H,1H3;2-6,8H,1H3;2*1H;/q;;;;;+2/p-2. The number of hydrogen-bond acceptors (Lipinski definition) is 0. The molecule has 0 saturated carbocycles. The van der Waals surface area contributed by atoms with Crippen LogP contribution in [-0.4, -0.2) is 5.92 Å². The average molecular weight is 542 g/mol. The molecule has 0 heterocycles. The van der Waals surface area contributed by atoms with Gasteiger partial charge in [0.05, 0.1) is 0 Å². The van der Waals surface area contributed by atoms with Gasteiger partial charge in [0.15, 0.2) is 0 Å². The van der Waals surface area contributed by atoms with E-state index in [1.165, 1.54) is 11.1 Å². The van der Waals surface area contributed by atoms with Crippen molar-refractivity contribution in [2.24, 2.45) is 0 Å². The number of allylic oxidation sites excluding steroid dienone is 2. The van der Waals surface area contributed by atoms with E-state index in [1.807, 2.05) is 0 Å². The summed E-state index contributed by atoms with van der Waals surface area (Å²) in [4.78, 5) is 0. The Bertz CT molecular complexity index is 1060. The van der Waals surface area contributed by atoms with Gasteiger partial charge in [-0.05, 0) is 0 Å². The summed E-state index contributed by atoms with van der Waals surface area (Å²) in [6.45, 7) is 7.46. The van der Waals surface area contributed by atoms with Crippen LogP contribution in [0.4, 0.5) is 0 Å². The molecule has 2 aliphatic rings. The summed E-state index contributed by atoms with van der Waals surface area (Å²) in [5.74, 6) is -1.06. The second-order valence-corrected chi connectivity index (χ2v) is 26.3. The monoisotopic (exact) mass is 539 g/mol. The molecule has 0 fully saturated rings. The Hall–Kier alpha value is -1.18. The predicted molar refractivity (Wildman–Crippen MR) is 125 cm³/mol. The molecule has 31 heavy (non-hydrogen) atoms. The first-order valence-electron chi connectivity index (χ1n) is 10.6. The van der Waals surface area contributed by atoms with Crippen LogP contribution in [0.15, 0.2) is 90.0 Å². The Morgan fingerprint density at radius 1 is 0.613 bits per heavy atom. The largest absolute Gasteiger partial charge is 1.00 e. The number of hydrogen-bond donors (Lipinski definition) is 0. The van der Waals surface area contributed by atoms with E-state index in [9.17, 15) is 0 Å². The van der Waals surface area contributed by atoms with Crippen molar-refractivity contribution in [2.45, 2.75) is 27.6 Å². The Morgan fingerprint density at radius 2 is 1.03 bits per heavy atom. The average Bonchev–Trinajstić information content (AvgIpc) is 3.25. The molecule has 0 spiro atoms. The molecule has 3 atom stereocenters. The third-order valence-corrected chi connectivity index (χ3v) is 30.0. The van der Waals surface area contributed by atoms with Gasteiger partial charge >= 0.3 is 184 Å². The van der Waals surface area contributed by atoms with Gasteiger partial charge in [0, 0.05) is 0 Å². The fourth-order valence-electron chi connectivity index (χ4n) is 5.44. The van der Waals surface area contributed by atoms with Gasteiger partial charge in [0.25, 0.3) is 0 Å². The molecule has 0 nitrogen and oxygen atoms in total. The van der Waals surface area contributed by atoms with Crippen LogP contribution >= 0.6 is 0 Å². The van der Waals surface area contributed by atoms with Crippen LogP contribution in [0, 0.1) is 0 Å². The maximum absolute atomic E-state index is 2.66. The Kier molecular flexibility index (Phi) is 8.03. The van der Waals surface area contributed by atoms with E-state index in [-0.39, 0.29) is 24.8 Å². The van der Waals surface area contributed by atoms with Gasteiger partial charge in [0.2, 0.25) is 0 Å². The molecule has 4 heteroatoms. The first kappa shape index (κ1) is 24.5. The normalized spacial score (nSPS) is 19.2. The van der Waals surface area contributed by atoms with E-state index >= 15 is 0 Å². The van der Waals surface area contributed by atoms with Crippen LogP contribution in [0.25, 0.3) is 12.2 Å². The Morgan fingerprint density at radius 3 is 1.52 bits per heavy atom. The maximum Gasteiger partial charge on any atom is -1.00 e. The van der Waals surface area contributed by atoms with Crippen LogP contribution in [0.5, 0.6) is 0 Å². The zero-order valence-electron chi connectivity index (χ0n) is 18.1. The summed E-state index contributed by atoms with van der Waals surface area (Å²) < 4.78 is 1.41. The quantitative estimate of drug-likeness (QED) is 0.414. The molecular weight excluding hydrogens is 515 g/mol. The summed E-state index contributed by atoms with van der Waals surface area (Å²) in [6.07, 6.45) is 4.96. The van der Waals surface area contributed by atoms with E-state index in [0.717, 1.165) is 0 Å². The summed E-state index contributed by atoms with van der Waals surface area (Å²) >= 11 is -2.02. The zero-order chi connectivity index (χ0) is 20.0. The summed E-state index contributed by atoms with van der Waals surface area (Å²) in [5.41, 5.74) is 9.41. The van der Waals surface area contributed by atoms with Crippen molar-refractivity contribution in [2.75, 3.05) is 0 Å². The molecule has 3 aromatic carbocycles. The molecule has 0 saturated heterocycles. The van der Waals surface area contributed by atoms with Gasteiger partial charge in [-0.1, -0.05) is 0 Å². The van der Waals surface area contributed by atoms with Gasteiger partial charge in [0.1, 0.15) is 0 Å². The molecule has 157 valence electrons. The van der Waals surface area contributed by atoms with E-state index < -0.39 is 26.8 Å². The van der Waals surface area contributed by atoms with Crippen LogP contribution in [0.1, 0.15) is 43.4 Å². The molecule has 0 aromatic heterocycles. The minimum atomic E-state index is -2.02. The fraction of sp³-hybridized carbons (Fsp3) is 0.185. The van der Waals surface area contributed by atoms with Crippen molar-refractivity contribution in [1.29, 1.82) is 0 Å². The SMILES string of the molecule is CC1=Cc2ccccc2[CH]1[Zr+2]([CH]1C(C)=Cc2ccccc21)[SiH](C)c1ccccc1.[Cl-].[Cl-]. The second-order valence-electron chi connectivity index (χ2n) is 8.53. The molecule has 3 unspecified atom stereocenters. The molecule has 0 aliphatic heterocycles. The van der Waals surface area contributed by atoms with Gasteiger partial charge in [-0.15, -0.1) is 0 Å². The van der Waals surface area contributed by atoms with Crippen LogP contribution in [0.2, 0.25) is 6.55 Å². The first-order valence-corrected chi connectivity index (χ1v) is 20.0. The molecule has 3 aromatic rings. The van der Waals surface area contributed by atoms with Crippen molar-refractivity contribution in [3.63, 3.8) is 0 Å². The molecule has 0 amide bonds. The van der Waals surface area contributed by atoms with E-state index in [2.05, 4.69) is 111 Å². The van der Waals surface area contributed by atoms with Gasteiger partial charge in [-0.2, -0.15) is 0 Å². The van der Waals surface area contributed by atoms with Crippen molar-refractivity contribution < 1.29 is 45.7 Å². The second kappa shape index (κ2) is 10.2. The minimum Gasteiger partial charge on any atom is -1.00 e. The Labute approximate surface area is 207 Å². The third-order valence-electron chi connectivity index (χ3n) is 6.76. The summed E-state index contributed by atoms with van der Waals surface area (Å²) in [6, 6.07) is 29.8. The van der Waals surface area contributed by atoms with E-state index in [1.54, 1.807) is 27.5 Å². The van der Waals surface area contributed by atoms with E-state index in [4.69, 9.17) is 0 Å². The van der Waals surface area contributed by atoms with Crippen molar-refractivity contribution in [3.05, 3.63) is 112 Å². The molecule has 5 rings (SSSR count). The number of fused-ring (bicyclic) bond motifs is 2. The zero-order valence-corrected chi connectivity index (χ0v) is 23.3. The molecular formula is C27H27Cl2SiZr. The number of halogens is 2. The minimum absolute atomic E-state index is 0. The van der Waals surface area contributed by atoms with Gasteiger partial charge in [-0.3, -0.25) is 0 Å². The number of benzene rings is 3. The first-order chi connectivity index (χ1) is 14.1. The predicted octanol–water partition coefficient (Wildman–Crippen LogP) is 0.190. The van der Waals surface area contributed by atoms with Gasteiger partial charge in [-0.25, -0.2) is 0 Å². The van der Waals surface area contributed by atoms with Crippen LogP contribution < -0.4 is 30.0 Å². The maximum atomic E-state index is 2.66. The molecule has 2 aliphatic carbocycles.